The van der Waals surface area contributed by atoms with E-state index in [1.54, 1.807) is 5.57 Å². The number of fused-ring (bicyclic) bond motifs is 5. The molecule has 0 radical (unpaired) electrons. The Hall–Kier alpha value is -0.560. The van der Waals surface area contributed by atoms with Crippen molar-refractivity contribution in [1.82, 2.24) is 0 Å². The molecule has 20 heavy (non-hydrogen) atoms. The van der Waals surface area contributed by atoms with Gasteiger partial charge in [0, 0.05) is 5.41 Å². The van der Waals surface area contributed by atoms with Crippen LogP contribution in [0.4, 0.5) is 0 Å². The fourth-order valence-corrected chi connectivity index (χ4v) is 6.26. The van der Waals surface area contributed by atoms with E-state index in [0.717, 1.165) is 11.8 Å². The van der Waals surface area contributed by atoms with E-state index in [1.807, 2.05) is 0 Å². The van der Waals surface area contributed by atoms with Gasteiger partial charge in [-0.2, -0.15) is 0 Å². The zero-order valence-electron chi connectivity index (χ0n) is 12.8. The molecular formula is C19H28O. The summed E-state index contributed by atoms with van der Waals surface area (Å²) in [4.78, 5) is 0. The van der Waals surface area contributed by atoms with E-state index >= 15 is 0 Å². The van der Waals surface area contributed by atoms with Crippen molar-refractivity contribution in [2.75, 3.05) is 6.61 Å². The Balaban J connectivity index is 1.70. The van der Waals surface area contributed by atoms with Crippen molar-refractivity contribution in [2.24, 2.45) is 28.6 Å². The molecule has 0 aliphatic heterocycles. The highest BCUT2D eigenvalue weighted by Gasteiger charge is 2.55. The van der Waals surface area contributed by atoms with Gasteiger partial charge in [-0.05, 0) is 68.1 Å². The first kappa shape index (κ1) is 13.1. The average Bonchev–Trinajstić information content (AvgIpc) is 2.91. The molecule has 1 heteroatoms. The monoisotopic (exact) mass is 272 g/mol. The maximum absolute atomic E-state index is 9.97. The Labute approximate surface area is 123 Å². The highest BCUT2D eigenvalue weighted by Crippen LogP contribution is 2.63. The van der Waals surface area contributed by atoms with Gasteiger partial charge in [-0.25, -0.2) is 0 Å². The summed E-state index contributed by atoms with van der Waals surface area (Å²) in [6.07, 6.45) is 17.9. The minimum atomic E-state index is 0.136. The van der Waals surface area contributed by atoms with Gasteiger partial charge in [-0.3, -0.25) is 0 Å². The van der Waals surface area contributed by atoms with E-state index in [9.17, 15) is 5.11 Å². The maximum Gasteiger partial charge on any atom is 0.0524 e. The molecule has 2 saturated carbocycles. The highest BCUT2D eigenvalue weighted by atomic mass is 16.3. The van der Waals surface area contributed by atoms with E-state index in [2.05, 4.69) is 25.2 Å². The van der Waals surface area contributed by atoms with E-state index in [4.69, 9.17) is 0 Å². The van der Waals surface area contributed by atoms with E-state index in [-0.39, 0.29) is 5.41 Å². The van der Waals surface area contributed by atoms with E-state index in [0.29, 0.717) is 17.9 Å². The van der Waals surface area contributed by atoms with Gasteiger partial charge in [-0.1, -0.05) is 37.1 Å². The second kappa shape index (κ2) is 4.47. The van der Waals surface area contributed by atoms with Crippen molar-refractivity contribution in [3.63, 3.8) is 0 Å². The third-order valence-corrected chi connectivity index (χ3v) is 7.41. The van der Waals surface area contributed by atoms with E-state index < -0.39 is 0 Å². The predicted octanol–water partition coefficient (Wildman–Crippen LogP) is 4.48. The van der Waals surface area contributed by atoms with Crippen LogP contribution in [0.1, 0.15) is 58.3 Å². The van der Waals surface area contributed by atoms with Gasteiger partial charge >= 0.3 is 0 Å². The van der Waals surface area contributed by atoms with Gasteiger partial charge < -0.3 is 5.11 Å². The number of hydrogen-bond acceptors (Lipinski definition) is 1. The first-order valence-electron chi connectivity index (χ1n) is 8.68. The lowest BCUT2D eigenvalue weighted by atomic mass is 9.48. The van der Waals surface area contributed by atoms with Crippen molar-refractivity contribution < 1.29 is 5.11 Å². The Morgan fingerprint density at radius 1 is 1.20 bits per heavy atom. The smallest absolute Gasteiger partial charge is 0.0524 e. The van der Waals surface area contributed by atoms with Crippen LogP contribution in [-0.4, -0.2) is 11.7 Å². The lowest BCUT2D eigenvalue weighted by Crippen LogP contribution is -2.50. The summed E-state index contributed by atoms with van der Waals surface area (Å²) in [5.74, 6) is 2.41. The SMILES string of the molecule is C[C@]12CCCCC1=CC[C@H]1[C@@H]3CC=C[C@@]3(CO)CC[C@@H]12. The topological polar surface area (TPSA) is 20.2 Å². The Morgan fingerprint density at radius 3 is 2.95 bits per heavy atom. The van der Waals surface area contributed by atoms with Crippen LogP contribution in [0, 0.1) is 28.6 Å². The molecule has 1 N–H and O–H groups in total. The lowest BCUT2D eigenvalue weighted by molar-refractivity contribution is -0.0415. The molecule has 1 nitrogen and oxygen atoms in total. The van der Waals surface area contributed by atoms with Crippen LogP contribution in [0.5, 0.6) is 0 Å². The number of allylic oxidation sites excluding steroid dienone is 3. The summed E-state index contributed by atoms with van der Waals surface area (Å²) < 4.78 is 0. The normalized spacial score (nSPS) is 50.1. The molecule has 0 spiro atoms. The van der Waals surface area contributed by atoms with Crippen LogP contribution >= 0.6 is 0 Å². The zero-order chi connectivity index (χ0) is 13.8. The summed E-state index contributed by atoms with van der Waals surface area (Å²) >= 11 is 0. The molecule has 4 rings (SSSR count). The van der Waals surface area contributed by atoms with Crippen molar-refractivity contribution >= 4 is 0 Å². The number of aliphatic hydroxyl groups excluding tert-OH is 1. The molecule has 4 aliphatic carbocycles. The van der Waals surface area contributed by atoms with E-state index in [1.165, 1.54) is 51.4 Å². The number of rotatable bonds is 1. The Morgan fingerprint density at radius 2 is 2.10 bits per heavy atom. The van der Waals surface area contributed by atoms with Crippen LogP contribution in [-0.2, 0) is 0 Å². The highest BCUT2D eigenvalue weighted by molar-refractivity contribution is 5.26. The van der Waals surface area contributed by atoms with Crippen molar-refractivity contribution in [2.45, 2.75) is 58.3 Å². The molecule has 0 amide bonds. The predicted molar refractivity (Wildman–Crippen MR) is 82.3 cm³/mol. The molecule has 0 aromatic carbocycles. The standard InChI is InChI=1S/C19H28O/c1-18-10-3-2-5-14(18)7-8-15-16(18)9-12-19(13-20)11-4-6-17(15)19/h4,7,11,15-17,20H,2-3,5-6,8-10,12-13H2,1H3/t15-,16+,17+,18+,19+/m1/s1. The summed E-state index contributed by atoms with van der Waals surface area (Å²) in [6.45, 7) is 2.92. The van der Waals surface area contributed by atoms with Crippen LogP contribution in [0.2, 0.25) is 0 Å². The first-order chi connectivity index (χ1) is 9.70. The van der Waals surface area contributed by atoms with Gasteiger partial charge in [0.05, 0.1) is 6.61 Å². The summed E-state index contributed by atoms with van der Waals surface area (Å²) in [7, 11) is 0. The Kier molecular flexibility index (Phi) is 2.93. The molecule has 0 heterocycles. The molecule has 2 fully saturated rings. The molecule has 4 aliphatic rings. The second-order valence-corrected chi connectivity index (χ2v) is 8.03. The molecular weight excluding hydrogens is 244 g/mol. The fourth-order valence-electron chi connectivity index (χ4n) is 6.26. The first-order valence-corrected chi connectivity index (χ1v) is 8.68. The average molecular weight is 272 g/mol. The summed E-state index contributed by atoms with van der Waals surface area (Å²) in [5.41, 5.74) is 2.41. The van der Waals surface area contributed by atoms with Gasteiger partial charge in [-0.15, -0.1) is 0 Å². The Bertz CT molecular complexity index is 462. The maximum atomic E-state index is 9.97. The van der Waals surface area contributed by atoms with Crippen LogP contribution < -0.4 is 0 Å². The van der Waals surface area contributed by atoms with Crippen LogP contribution in [0.15, 0.2) is 23.8 Å². The van der Waals surface area contributed by atoms with Crippen LogP contribution in [0.3, 0.4) is 0 Å². The fraction of sp³-hybridized carbons (Fsp3) is 0.789. The lowest BCUT2D eigenvalue weighted by Gasteiger charge is -2.57. The second-order valence-electron chi connectivity index (χ2n) is 8.03. The van der Waals surface area contributed by atoms with Crippen molar-refractivity contribution in [1.29, 1.82) is 0 Å². The number of aliphatic hydroxyl groups is 1. The third kappa shape index (κ3) is 1.59. The summed E-state index contributed by atoms with van der Waals surface area (Å²) in [6, 6.07) is 0. The molecule has 0 aromatic rings. The van der Waals surface area contributed by atoms with Crippen molar-refractivity contribution in [3.05, 3.63) is 23.8 Å². The molecule has 0 unspecified atom stereocenters. The molecule has 0 aromatic heterocycles. The quantitative estimate of drug-likeness (QED) is 0.698. The number of hydrogen-bond donors (Lipinski definition) is 1. The molecule has 5 atom stereocenters. The largest absolute Gasteiger partial charge is 0.395 e. The van der Waals surface area contributed by atoms with Crippen molar-refractivity contribution in [3.8, 4) is 0 Å². The van der Waals surface area contributed by atoms with Gasteiger partial charge in [0.1, 0.15) is 0 Å². The molecule has 0 bridgehead atoms. The molecule has 110 valence electrons. The minimum Gasteiger partial charge on any atom is -0.395 e. The van der Waals surface area contributed by atoms with Gasteiger partial charge in [0.25, 0.3) is 0 Å². The van der Waals surface area contributed by atoms with Gasteiger partial charge in [0.2, 0.25) is 0 Å². The minimum absolute atomic E-state index is 0.136. The third-order valence-electron chi connectivity index (χ3n) is 7.41. The zero-order valence-corrected chi connectivity index (χ0v) is 12.8. The summed E-state index contributed by atoms with van der Waals surface area (Å²) in [5, 5.41) is 9.97. The van der Waals surface area contributed by atoms with Gasteiger partial charge in [0.15, 0.2) is 0 Å². The van der Waals surface area contributed by atoms with Crippen LogP contribution in [0.25, 0.3) is 0 Å². The molecule has 0 saturated heterocycles.